The molecule has 104 valence electrons. The maximum atomic E-state index is 12.3. The number of aromatic nitrogens is 2. The molecule has 1 N–H and O–H groups in total. The number of hydrogen-bond donors (Lipinski definition) is 1. The van der Waals surface area contributed by atoms with Crippen molar-refractivity contribution in [2.24, 2.45) is 0 Å². The highest BCUT2D eigenvalue weighted by atomic mass is 16.2. The van der Waals surface area contributed by atoms with Crippen molar-refractivity contribution in [3.63, 3.8) is 0 Å². The third-order valence-electron chi connectivity index (χ3n) is 3.38. The number of hydrogen-bond acceptors (Lipinski definition) is 3. The van der Waals surface area contributed by atoms with Crippen LogP contribution in [-0.4, -0.2) is 38.2 Å². The molecular formula is C14H16N4O2. The van der Waals surface area contributed by atoms with Crippen LogP contribution < -0.4 is 5.32 Å². The summed E-state index contributed by atoms with van der Waals surface area (Å²) >= 11 is 0. The molecule has 1 saturated heterocycles. The molecule has 6 heteroatoms. The molecule has 0 bridgehead atoms. The zero-order valence-corrected chi connectivity index (χ0v) is 11.5. The largest absolute Gasteiger partial charge is 0.341 e. The van der Waals surface area contributed by atoms with Crippen molar-refractivity contribution in [3.8, 4) is 0 Å². The lowest BCUT2D eigenvalue weighted by atomic mass is 10.0. The predicted molar refractivity (Wildman–Crippen MR) is 72.8 cm³/mol. The number of pyridine rings is 1. The van der Waals surface area contributed by atoms with E-state index in [0.29, 0.717) is 6.54 Å². The molecule has 0 radical (unpaired) electrons. The van der Waals surface area contributed by atoms with Crippen molar-refractivity contribution < 1.29 is 9.59 Å². The minimum absolute atomic E-state index is 0.0795. The fraction of sp³-hybridized carbons (Fsp3) is 0.357. The monoisotopic (exact) mass is 272 g/mol. The second kappa shape index (κ2) is 4.33. The van der Waals surface area contributed by atoms with Crippen LogP contribution in [-0.2, 0) is 16.1 Å². The molecule has 0 aromatic carbocycles. The number of imidazole rings is 1. The smallest absolute Gasteiger partial charge is 0.248 e. The highest BCUT2D eigenvalue weighted by Gasteiger charge is 2.39. The van der Waals surface area contributed by atoms with E-state index in [-0.39, 0.29) is 18.4 Å². The van der Waals surface area contributed by atoms with E-state index in [1.807, 2.05) is 35.0 Å². The molecule has 0 unspecified atom stereocenters. The van der Waals surface area contributed by atoms with Crippen molar-refractivity contribution in [2.75, 3.05) is 6.54 Å². The number of rotatable bonds is 2. The summed E-state index contributed by atoms with van der Waals surface area (Å²) in [6, 6.07) is 5.73. The molecule has 0 saturated carbocycles. The Hall–Kier alpha value is -2.37. The SMILES string of the molecule is CC1(C)NC(=O)CN(Cc2cn3ccccc3n2)C1=O. The average Bonchev–Trinajstić information content (AvgIpc) is 2.77. The number of amides is 2. The Morgan fingerprint density at radius 3 is 2.90 bits per heavy atom. The van der Waals surface area contributed by atoms with Crippen LogP contribution in [0.15, 0.2) is 30.6 Å². The van der Waals surface area contributed by atoms with Crippen LogP contribution in [0.5, 0.6) is 0 Å². The van der Waals surface area contributed by atoms with Crippen molar-refractivity contribution in [1.82, 2.24) is 19.6 Å². The van der Waals surface area contributed by atoms with E-state index < -0.39 is 5.54 Å². The van der Waals surface area contributed by atoms with E-state index in [1.165, 1.54) is 0 Å². The zero-order valence-electron chi connectivity index (χ0n) is 11.5. The Morgan fingerprint density at radius 2 is 2.15 bits per heavy atom. The molecule has 6 nitrogen and oxygen atoms in total. The van der Waals surface area contributed by atoms with E-state index in [2.05, 4.69) is 10.3 Å². The van der Waals surface area contributed by atoms with Crippen LogP contribution in [0.3, 0.4) is 0 Å². The zero-order chi connectivity index (χ0) is 14.3. The van der Waals surface area contributed by atoms with Gasteiger partial charge in [-0.3, -0.25) is 9.59 Å². The summed E-state index contributed by atoms with van der Waals surface area (Å²) in [6.07, 6.45) is 3.78. The Morgan fingerprint density at radius 1 is 1.35 bits per heavy atom. The highest BCUT2D eigenvalue weighted by Crippen LogP contribution is 2.16. The van der Waals surface area contributed by atoms with Crippen molar-refractivity contribution in [3.05, 3.63) is 36.3 Å². The van der Waals surface area contributed by atoms with E-state index >= 15 is 0 Å². The molecule has 20 heavy (non-hydrogen) atoms. The summed E-state index contributed by atoms with van der Waals surface area (Å²) < 4.78 is 1.90. The third-order valence-corrected chi connectivity index (χ3v) is 3.38. The molecule has 3 heterocycles. The van der Waals surface area contributed by atoms with Crippen LogP contribution >= 0.6 is 0 Å². The molecule has 3 rings (SSSR count). The van der Waals surface area contributed by atoms with E-state index in [4.69, 9.17) is 0 Å². The third kappa shape index (κ3) is 2.13. The van der Waals surface area contributed by atoms with Crippen LogP contribution in [0, 0.1) is 0 Å². The van der Waals surface area contributed by atoms with Gasteiger partial charge in [0, 0.05) is 12.4 Å². The molecule has 1 aliphatic heterocycles. The van der Waals surface area contributed by atoms with Gasteiger partial charge in [0.1, 0.15) is 17.7 Å². The second-order valence-corrected chi connectivity index (χ2v) is 5.53. The number of carbonyl (C=O) groups is 2. The maximum absolute atomic E-state index is 12.3. The summed E-state index contributed by atoms with van der Waals surface area (Å²) in [7, 11) is 0. The second-order valence-electron chi connectivity index (χ2n) is 5.53. The quantitative estimate of drug-likeness (QED) is 0.869. The molecule has 0 aliphatic carbocycles. The first-order valence-corrected chi connectivity index (χ1v) is 6.49. The lowest BCUT2D eigenvalue weighted by Crippen LogP contribution is -2.63. The van der Waals surface area contributed by atoms with Gasteiger partial charge in [0.25, 0.3) is 0 Å². The lowest BCUT2D eigenvalue weighted by Gasteiger charge is -2.37. The molecule has 0 atom stereocenters. The topological polar surface area (TPSA) is 66.7 Å². The Balaban J connectivity index is 1.86. The van der Waals surface area contributed by atoms with Crippen LogP contribution in [0.2, 0.25) is 0 Å². The fourth-order valence-electron chi connectivity index (χ4n) is 2.47. The van der Waals surface area contributed by atoms with Crippen LogP contribution in [0.1, 0.15) is 19.5 Å². The van der Waals surface area contributed by atoms with Gasteiger partial charge < -0.3 is 14.6 Å². The highest BCUT2D eigenvalue weighted by molar-refractivity contribution is 5.97. The van der Waals surface area contributed by atoms with Gasteiger partial charge in [-0.15, -0.1) is 0 Å². The first kappa shape index (κ1) is 12.7. The van der Waals surface area contributed by atoms with Gasteiger partial charge in [0.2, 0.25) is 11.8 Å². The van der Waals surface area contributed by atoms with Gasteiger partial charge in [-0.2, -0.15) is 0 Å². The van der Waals surface area contributed by atoms with Crippen molar-refractivity contribution >= 4 is 17.5 Å². The molecule has 0 spiro atoms. The normalized spacial score (nSPS) is 18.4. The van der Waals surface area contributed by atoms with E-state index in [9.17, 15) is 9.59 Å². The molecule has 2 aromatic heterocycles. The molecule has 2 amide bonds. The Bertz CT molecular complexity index is 656. The van der Waals surface area contributed by atoms with Gasteiger partial charge >= 0.3 is 0 Å². The van der Waals surface area contributed by atoms with Gasteiger partial charge in [-0.05, 0) is 26.0 Å². The number of fused-ring (bicyclic) bond motifs is 1. The fourth-order valence-corrected chi connectivity index (χ4v) is 2.47. The first-order valence-electron chi connectivity index (χ1n) is 6.49. The lowest BCUT2D eigenvalue weighted by molar-refractivity contribution is -0.149. The standard InChI is InChI=1S/C14H16N4O2/c1-14(2)13(20)18(9-12(19)16-14)8-10-7-17-6-4-3-5-11(17)15-10/h3-7H,8-9H2,1-2H3,(H,16,19). The molecular weight excluding hydrogens is 256 g/mol. The number of nitrogens with zero attached hydrogens (tertiary/aromatic N) is 3. The summed E-state index contributed by atoms with van der Waals surface area (Å²) in [4.78, 5) is 29.9. The Kier molecular flexibility index (Phi) is 2.74. The number of piperazine rings is 1. The predicted octanol–water partition coefficient (Wildman–Crippen LogP) is 0.571. The summed E-state index contributed by atoms with van der Waals surface area (Å²) in [5.74, 6) is -0.229. The van der Waals surface area contributed by atoms with Gasteiger partial charge in [0.05, 0.1) is 12.2 Å². The Labute approximate surface area is 116 Å². The summed E-state index contributed by atoms with van der Waals surface area (Å²) in [6.45, 7) is 3.85. The average molecular weight is 272 g/mol. The van der Waals surface area contributed by atoms with Gasteiger partial charge in [-0.25, -0.2) is 4.98 Å². The van der Waals surface area contributed by atoms with Crippen LogP contribution in [0.25, 0.3) is 5.65 Å². The molecule has 1 fully saturated rings. The minimum Gasteiger partial charge on any atom is -0.341 e. The van der Waals surface area contributed by atoms with E-state index in [0.717, 1.165) is 11.3 Å². The summed E-state index contributed by atoms with van der Waals surface area (Å²) in [5, 5.41) is 2.69. The molecule has 2 aromatic rings. The first-order chi connectivity index (χ1) is 9.45. The van der Waals surface area contributed by atoms with Crippen molar-refractivity contribution in [1.29, 1.82) is 0 Å². The maximum Gasteiger partial charge on any atom is 0.248 e. The number of carbonyl (C=O) groups excluding carboxylic acids is 2. The molecule has 1 aliphatic rings. The number of nitrogens with one attached hydrogen (secondary N) is 1. The minimum atomic E-state index is -0.853. The van der Waals surface area contributed by atoms with Gasteiger partial charge in [0.15, 0.2) is 0 Å². The van der Waals surface area contributed by atoms with Crippen molar-refractivity contribution in [2.45, 2.75) is 25.9 Å². The van der Waals surface area contributed by atoms with Crippen LogP contribution in [0.4, 0.5) is 0 Å². The van der Waals surface area contributed by atoms with Gasteiger partial charge in [-0.1, -0.05) is 6.07 Å². The summed E-state index contributed by atoms with van der Waals surface area (Å²) in [5.41, 5.74) is 0.750. The van der Waals surface area contributed by atoms with E-state index in [1.54, 1.807) is 18.7 Å².